The third-order valence-corrected chi connectivity index (χ3v) is 7.81. The largest absolute Gasteiger partial charge is 0.342 e. The molecule has 0 unspecified atom stereocenters. The monoisotopic (exact) mass is 578 g/mol. The predicted octanol–water partition coefficient (Wildman–Crippen LogP) is 9.58. The molecule has 0 bridgehead atoms. The van der Waals surface area contributed by atoms with E-state index in [4.69, 9.17) is 21.6 Å². The second-order valence-corrected chi connectivity index (χ2v) is 12.2. The third kappa shape index (κ3) is 7.16. The van der Waals surface area contributed by atoms with Gasteiger partial charge in [0.25, 0.3) is 0 Å². The summed E-state index contributed by atoms with van der Waals surface area (Å²) < 4.78 is 28.8. The number of halogens is 3. The average Bonchev–Trinajstić information content (AvgIpc) is 2.88. The van der Waals surface area contributed by atoms with Crippen LogP contribution in [0.5, 0.6) is 0 Å². The molecule has 0 spiro atoms. The first-order chi connectivity index (χ1) is 19.3. The lowest BCUT2D eigenvalue weighted by atomic mass is 9.91. The number of benzene rings is 3. The summed E-state index contributed by atoms with van der Waals surface area (Å²) in [5, 5.41) is 0.505. The highest BCUT2D eigenvalue weighted by molar-refractivity contribution is 6.33. The zero-order valence-corrected chi connectivity index (χ0v) is 26.2. The maximum absolute atomic E-state index is 14.4. The Kier molecular flexibility index (Phi) is 9.53. The summed E-state index contributed by atoms with van der Waals surface area (Å²) in [6.45, 7) is 18.9. The second kappa shape index (κ2) is 12.7. The van der Waals surface area contributed by atoms with E-state index < -0.39 is 11.6 Å². The van der Waals surface area contributed by atoms with Crippen LogP contribution >= 0.6 is 11.6 Å². The summed E-state index contributed by atoms with van der Waals surface area (Å²) in [7, 11) is 0. The third-order valence-electron chi connectivity index (χ3n) is 7.52. The second-order valence-electron chi connectivity index (χ2n) is 11.8. The van der Waals surface area contributed by atoms with E-state index in [1.54, 1.807) is 0 Å². The predicted molar refractivity (Wildman–Crippen MR) is 169 cm³/mol. The molecule has 1 aliphatic heterocycles. The van der Waals surface area contributed by atoms with Crippen molar-refractivity contribution < 1.29 is 8.78 Å². The minimum absolute atomic E-state index is 0.334. The first kappa shape index (κ1) is 30.7. The minimum atomic E-state index is -0.646. The van der Waals surface area contributed by atoms with Crippen LogP contribution < -0.4 is 0 Å². The molecule has 1 aliphatic rings. The highest BCUT2D eigenvalue weighted by Crippen LogP contribution is 2.37. The molecule has 0 atom stereocenters. The molecular weight excluding hydrogens is 538 g/mol. The number of nitrogens with zero attached hydrogens (tertiary/aromatic N) is 4. The highest BCUT2D eigenvalue weighted by Gasteiger charge is 2.25. The molecule has 0 amide bonds. The van der Waals surface area contributed by atoms with Gasteiger partial charge in [-0.3, -0.25) is 0 Å². The molecular formula is C34H41ClF2N4. The molecule has 3 aromatic rings. The van der Waals surface area contributed by atoms with Crippen LogP contribution in [0, 0.1) is 32.4 Å². The number of rotatable bonds is 5. The Morgan fingerprint density at radius 3 is 1.88 bits per heavy atom. The fourth-order valence-electron chi connectivity index (χ4n) is 5.47. The minimum Gasteiger partial charge on any atom is -0.342 e. The molecule has 1 fully saturated rings. The van der Waals surface area contributed by atoms with Gasteiger partial charge >= 0.3 is 0 Å². The van der Waals surface area contributed by atoms with Gasteiger partial charge < -0.3 is 9.80 Å². The Bertz CT molecular complexity index is 1420. The van der Waals surface area contributed by atoms with Crippen molar-refractivity contribution in [1.82, 2.24) is 9.80 Å². The van der Waals surface area contributed by atoms with Gasteiger partial charge in [-0.2, -0.15) is 0 Å². The van der Waals surface area contributed by atoms with Crippen molar-refractivity contribution in [2.45, 2.75) is 73.6 Å². The van der Waals surface area contributed by atoms with E-state index in [2.05, 4.69) is 56.6 Å². The standard InChI is InChI=1S/C34H41ClF2N4/c1-20(2)29-13-23(6)14-30(21(3)4)33(29)38-25(8)40-10-9-11-41(19-40)34(26-16-27(36)18-28(37)17-26)39-32-24(7)12-22(5)15-31(32)35/h12-18,20-21H,9-11,19H2,1-8H3. The first-order valence-electron chi connectivity index (χ1n) is 14.4. The van der Waals surface area contributed by atoms with Crippen molar-refractivity contribution in [2.24, 2.45) is 9.98 Å². The SMILES string of the molecule is CC(=Nc1c(C(C)C)cc(C)cc1C(C)C)N1CCCN(C(=Nc2c(C)cc(C)cc2Cl)c2cc(F)cc(F)c2)C1. The van der Waals surface area contributed by atoms with Crippen molar-refractivity contribution in [3.05, 3.63) is 92.5 Å². The molecule has 218 valence electrons. The van der Waals surface area contributed by atoms with Crippen LogP contribution in [0.1, 0.15) is 86.3 Å². The van der Waals surface area contributed by atoms with Crippen LogP contribution in [0.25, 0.3) is 0 Å². The average molecular weight is 579 g/mol. The number of hydrogen-bond donors (Lipinski definition) is 0. The molecule has 0 aromatic heterocycles. The summed E-state index contributed by atoms with van der Waals surface area (Å²) in [4.78, 5) is 14.4. The molecule has 0 saturated carbocycles. The molecule has 1 heterocycles. The lowest BCUT2D eigenvalue weighted by Gasteiger charge is -2.38. The molecule has 1 saturated heterocycles. The molecule has 3 aromatic carbocycles. The van der Waals surface area contributed by atoms with Gasteiger partial charge in [0.05, 0.1) is 23.1 Å². The number of amidine groups is 2. The van der Waals surface area contributed by atoms with Gasteiger partial charge in [0.1, 0.15) is 23.3 Å². The summed E-state index contributed by atoms with van der Waals surface area (Å²) in [6.07, 6.45) is 0.840. The maximum Gasteiger partial charge on any atom is 0.138 e. The van der Waals surface area contributed by atoms with Gasteiger partial charge in [-0.25, -0.2) is 18.8 Å². The highest BCUT2D eigenvalue weighted by atomic mass is 35.5. The van der Waals surface area contributed by atoms with Gasteiger partial charge in [-0.15, -0.1) is 0 Å². The van der Waals surface area contributed by atoms with Gasteiger partial charge in [-0.05, 0) is 86.4 Å². The number of hydrogen-bond acceptors (Lipinski definition) is 2. The van der Waals surface area contributed by atoms with Gasteiger partial charge in [0, 0.05) is 24.7 Å². The molecule has 4 rings (SSSR count). The van der Waals surface area contributed by atoms with Crippen LogP contribution in [0.3, 0.4) is 0 Å². The van der Waals surface area contributed by atoms with Crippen LogP contribution in [-0.4, -0.2) is 41.2 Å². The molecule has 0 radical (unpaired) electrons. The Labute approximate surface area is 248 Å². The van der Waals surface area contributed by atoms with Gasteiger partial charge in [-0.1, -0.05) is 63.1 Å². The normalized spacial score (nSPS) is 15.0. The van der Waals surface area contributed by atoms with Crippen LogP contribution in [0.2, 0.25) is 5.02 Å². The zero-order valence-electron chi connectivity index (χ0n) is 25.4. The van der Waals surface area contributed by atoms with Gasteiger partial charge in [0.2, 0.25) is 0 Å². The fraction of sp³-hybridized carbons (Fsp3) is 0.412. The van der Waals surface area contributed by atoms with Crippen molar-refractivity contribution in [1.29, 1.82) is 0 Å². The van der Waals surface area contributed by atoms with E-state index in [0.29, 0.717) is 47.2 Å². The Balaban J connectivity index is 1.78. The fourth-order valence-corrected chi connectivity index (χ4v) is 5.83. The summed E-state index contributed by atoms with van der Waals surface area (Å²) in [5.41, 5.74) is 7.66. The van der Waals surface area contributed by atoms with Crippen molar-refractivity contribution >= 4 is 34.6 Å². The van der Waals surface area contributed by atoms with E-state index in [9.17, 15) is 8.78 Å². The van der Waals surface area contributed by atoms with E-state index in [0.717, 1.165) is 41.7 Å². The molecule has 7 heteroatoms. The number of aryl methyl sites for hydroxylation is 3. The molecule has 41 heavy (non-hydrogen) atoms. The summed E-state index contributed by atoms with van der Waals surface area (Å²) >= 11 is 6.63. The van der Waals surface area contributed by atoms with Crippen molar-refractivity contribution in [3.63, 3.8) is 0 Å². The number of aliphatic imine (C=N–C) groups is 2. The smallest absolute Gasteiger partial charge is 0.138 e. The van der Waals surface area contributed by atoms with E-state index in [1.807, 2.05) is 32.9 Å². The van der Waals surface area contributed by atoms with Crippen molar-refractivity contribution in [2.75, 3.05) is 19.8 Å². The first-order valence-corrected chi connectivity index (χ1v) is 14.7. The summed E-state index contributed by atoms with van der Waals surface area (Å²) in [5.74, 6) is 0.759. The maximum atomic E-state index is 14.4. The van der Waals surface area contributed by atoms with Crippen LogP contribution in [0.15, 0.2) is 52.4 Å². The Morgan fingerprint density at radius 1 is 0.756 bits per heavy atom. The van der Waals surface area contributed by atoms with Crippen LogP contribution in [0.4, 0.5) is 20.2 Å². The lowest BCUT2D eigenvalue weighted by molar-refractivity contribution is 0.212. The quantitative estimate of drug-likeness (QED) is 0.223. The van der Waals surface area contributed by atoms with Crippen LogP contribution in [-0.2, 0) is 0 Å². The van der Waals surface area contributed by atoms with E-state index in [-0.39, 0.29) is 0 Å². The van der Waals surface area contributed by atoms with E-state index in [1.165, 1.54) is 28.8 Å². The topological polar surface area (TPSA) is 31.2 Å². The lowest BCUT2D eigenvalue weighted by Crippen LogP contribution is -2.49. The molecule has 0 aliphatic carbocycles. The Morgan fingerprint density at radius 2 is 1.32 bits per heavy atom. The zero-order chi connectivity index (χ0) is 30.0. The molecule has 0 N–H and O–H groups in total. The van der Waals surface area contributed by atoms with Gasteiger partial charge in [0.15, 0.2) is 0 Å². The summed E-state index contributed by atoms with van der Waals surface area (Å²) in [6, 6.07) is 11.9. The molecule has 4 nitrogen and oxygen atoms in total. The van der Waals surface area contributed by atoms with E-state index >= 15 is 0 Å². The van der Waals surface area contributed by atoms with Crippen molar-refractivity contribution in [3.8, 4) is 0 Å². The Hall–Kier alpha value is -3.25.